The molecule has 34 heavy (non-hydrogen) atoms. The molecule has 0 spiro atoms. The maximum absolute atomic E-state index is 13.2. The number of methoxy groups -OCH3 is 1. The second kappa shape index (κ2) is 11.4. The van der Waals surface area contributed by atoms with Crippen LogP contribution >= 0.6 is 20.4 Å². The summed E-state index contributed by atoms with van der Waals surface area (Å²) in [6.07, 6.45) is -4.57. The number of alkyl halides is 3. The van der Waals surface area contributed by atoms with E-state index in [1.54, 1.807) is 60.7 Å². The maximum Gasteiger partial charge on any atom is 0.416 e. The Hall–Kier alpha value is -3.07. The van der Waals surface area contributed by atoms with Gasteiger partial charge in [-0.3, -0.25) is 9.36 Å². The normalized spacial score (nSPS) is 11.9. The fourth-order valence-electron chi connectivity index (χ4n) is 2.72. The number of hydrogen-bond donors (Lipinski definition) is 0. The van der Waals surface area contributed by atoms with Crippen molar-refractivity contribution in [3.63, 3.8) is 0 Å². The average molecular weight is 509 g/mol. The van der Waals surface area contributed by atoms with Crippen LogP contribution in [0.3, 0.4) is 0 Å². The number of esters is 1. The Morgan fingerprint density at radius 3 is 1.94 bits per heavy atom. The van der Waals surface area contributed by atoms with Crippen LogP contribution in [0.4, 0.5) is 13.2 Å². The van der Waals surface area contributed by atoms with Gasteiger partial charge in [-0.1, -0.05) is 42.5 Å². The maximum atomic E-state index is 13.2. The highest BCUT2D eigenvalue weighted by molar-refractivity contribution is 7.97. The van der Waals surface area contributed by atoms with Gasteiger partial charge in [-0.2, -0.15) is 13.2 Å². The van der Waals surface area contributed by atoms with Gasteiger partial charge < -0.3 is 14.2 Å². The molecule has 0 amide bonds. The van der Waals surface area contributed by atoms with Crippen LogP contribution in [0.2, 0.25) is 0 Å². The molecule has 0 aliphatic rings. The highest BCUT2D eigenvalue weighted by atomic mass is 32.2. The van der Waals surface area contributed by atoms with Crippen molar-refractivity contribution in [1.29, 1.82) is 0 Å². The van der Waals surface area contributed by atoms with Crippen molar-refractivity contribution in [2.75, 3.05) is 13.7 Å². The molecule has 0 saturated heterocycles. The van der Waals surface area contributed by atoms with Crippen molar-refractivity contribution in [2.45, 2.75) is 16.7 Å². The smallest absolute Gasteiger partial charge is 0.416 e. The highest BCUT2D eigenvalue weighted by Crippen LogP contribution is 2.41. The van der Waals surface area contributed by atoms with E-state index < -0.39 is 38.4 Å². The van der Waals surface area contributed by atoms with E-state index in [4.69, 9.17) is 14.2 Å². The molecular weight excluding hydrogens is 490 g/mol. The minimum Gasteiger partial charge on any atom is -0.468 e. The first-order valence-electron chi connectivity index (χ1n) is 9.78. The van der Waals surface area contributed by atoms with E-state index in [1.807, 2.05) is 0 Å². The monoisotopic (exact) mass is 509 g/mol. The van der Waals surface area contributed by atoms with Gasteiger partial charge in [-0.15, -0.1) is 4.31 Å². The standard InChI is InChI=1S/C23H19F3NO5PS/c1-30-21(28)16-27(34-20-14-8-9-17(15-20)22(24,25)26)23(33-29,31-18-10-4-2-5-11-18)32-19-12-6-3-7-13-19/h2-15H,16H2,1H3. The third kappa shape index (κ3) is 6.72. The Morgan fingerprint density at radius 1 is 0.912 bits per heavy atom. The third-order valence-corrected chi connectivity index (χ3v) is 6.14. The molecular formula is C23H19F3NO5PS. The second-order valence-corrected chi connectivity index (χ2v) is 8.54. The molecule has 3 aromatic rings. The fraction of sp³-hybridized carbons (Fsp3) is 0.174. The molecule has 3 rings (SSSR count). The summed E-state index contributed by atoms with van der Waals surface area (Å²) in [4.78, 5) is 12.3. The summed E-state index contributed by atoms with van der Waals surface area (Å²) in [5.41, 5.74) is -3.02. The van der Waals surface area contributed by atoms with E-state index in [-0.39, 0.29) is 16.4 Å². The van der Waals surface area contributed by atoms with E-state index in [0.29, 0.717) is 11.9 Å². The van der Waals surface area contributed by atoms with Crippen LogP contribution in [-0.4, -0.2) is 29.6 Å². The number of benzene rings is 3. The number of halogens is 3. The second-order valence-electron chi connectivity index (χ2n) is 6.70. The van der Waals surface area contributed by atoms with E-state index in [9.17, 15) is 22.5 Å². The Morgan fingerprint density at radius 2 is 1.47 bits per heavy atom. The molecule has 6 nitrogen and oxygen atoms in total. The fourth-order valence-corrected chi connectivity index (χ4v) is 4.32. The minimum absolute atomic E-state index is 0.111. The Labute approximate surface area is 200 Å². The van der Waals surface area contributed by atoms with Gasteiger partial charge in [0.1, 0.15) is 18.0 Å². The van der Waals surface area contributed by atoms with Gasteiger partial charge >= 0.3 is 17.8 Å². The largest absolute Gasteiger partial charge is 0.468 e. The number of ether oxygens (including phenoxy) is 3. The van der Waals surface area contributed by atoms with Crippen LogP contribution in [0.15, 0.2) is 89.8 Å². The first kappa shape index (κ1) is 25.6. The molecule has 0 N–H and O–H groups in total. The van der Waals surface area contributed by atoms with E-state index in [2.05, 4.69) is 0 Å². The Balaban J connectivity index is 2.07. The van der Waals surface area contributed by atoms with E-state index in [0.717, 1.165) is 23.5 Å². The molecule has 3 aromatic carbocycles. The average Bonchev–Trinajstić information content (AvgIpc) is 2.84. The molecule has 0 fully saturated rings. The minimum atomic E-state index is -4.57. The Bertz CT molecular complexity index is 1060. The summed E-state index contributed by atoms with van der Waals surface area (Å²) in [6.45, 7) is -0.522. The van der Waals surface area contributed by atoms with Gasteiger partial charge in [-0.05, 0) is 54.4 Å². The number of para-hydroxylation sites is 2. The summed E-state index contributed by atoms with van der Waals surface area (Å²) < 4.78 is 70.2. The third-order valence-electron chi connectivity index (χ3n) is 4.30. The molecule has 0 aliphatic carbocycles. The zero-order chi connectivity index (χ0) is 24.6. The summed E-state index contributed by atoms with van der Waals surface area (Å²) in [6, 6.07) is 21.0. The topological polar surface area (TPSA) is 65.1 Å². The first-order valence-corrected chi connectivity index (χ1v) is 11.4. The van der Waals surface area contributed by atoms with Crippen LogP contribution in [0.5, 0.6) is 11.5 Å². The van der Waals surface area contributed by atoms with Crippen LogP contribution in [0.1, 0.15) is 5.56 Å². The summed E-state index contributed by atoms with van der Waals surface area (Å²) >= 11 is 0.708. The van der Waals surface area contributed by atoms with E-state index >= 15 is 0 Å². The van der Waals surface area contributed by atoms with Gasteiger partial charge in [0.2, 0.25) is 0 Å². The molecule has 0 unspecified atom stereocenters. The van der Waals surface area contributed by atoms with Crippen molar-refractivity contribution in [2.24, 2.45) is 0 Å². The van der Waals surface area contributed by atoms with Crippen LogP contribution in [0.25, 0.3) is 0 Å². The molecule has 0 radical (unpaired) electrons. The summed E-state index contributed by atoms with van der Waals surface area (Å²) in [5.74, 6) is -0.247. The zero-order valence-electron chi connectivity index (χ0n) is 17.8. The van der Waals surface area contributed by atoms with Crippen molar-refractivity contribution >= 4 is 26.4 Å². The molecule has 0 aliphatic heterocycles. The summed E-state index contributed by atoms with van der Waals surface area (Å²) in [5, 5.41) is 0. The van der Waals surface area contributed by atoms with Crippen LogP contribution in [0, 0.1) is 0 Å². The quantitative estimate of drug-likeness (QED) is 0.139. The lowest BCUT2D eigenvalue weighted by atomic mass is 10.2. The van der Waals surface area contributed by atoms with Gasteiger partial charge in [0, 0.05) is 4.90 Å². The van der Waals surface area contributed by atoms with Crippen molar-refractivity contribution in [3.8, 4) is 11.5 Å². The summed E-state index contributed by atoms with van der Waals surface area (Å²) in [7, 11) is 0.429. The first-order chi connectivity index (χ1) is 16.3. The number of carbonyl (C=O) groups is 1. The predicted octanol–water partition coefficient (Wildman–Crippen LogP) is 6.25. The number of nitrogens with zero attached hydrogens (tertiary/aromatic N) is 1. The molecule has 0 heterocycles. The van der Waals surface area contributed by atoms with Gasteiger partial charge in [0.25, 0.3) is 8.46 Å². The highest BCUT2D eigenvalue weighted by Gasteiger charge is 2.47. The lowest BCUT2D eigenvalue weighted by molar-refractivity contribution is -0.151. The molecule has 0 saturated carbocycles. The van der Waals surface area contributed by atoms with E-state index in [1.165, 1.54) is 12.1 Å². The van der Waals surface area contributed by atoms with Gasteiger partial charge in [-0.25, -0.2) is 0 Å². The van der Waals surface area contributed by atoms with Crippen LogP contribution < -0.4 is 9.47 Å². The lowest BCUT2D eigenvalue weighted by Gasteiger charge is -2.36. The van der Waals surface area contributed by atoms with Gasteiger partial charge in [0.15, 0.2) is 0 Å². The molecule has 0 atom stereocenters. The zero-order valence-corrected chi connectivity index (χ0v) is 19.5. The van der Waals surface area contributed by atoms with Gasteiger partial charge in [0.05, 0.1) is 12.7 Å². The molecule has 11 heteroatoms. The lowest BCUT2D eigenvalue weighted by Crippen LogP contribution is -2.52. The molecule has 0 aromatic heterocycles. The predicted molar refractivity (Wildman–Crippen MR) is 121 cm³/mol. The van der Waals surface area contributed by atoms with Crippen LogP contribution in [-0.2, 0) is 20.3 Å². The molecule has 0 bridgehead atoms. The Kier molecular flexibility index (Phi) is 8.55. The number of rotatable bonds is 10. The number of hydrogen-bond acceptors (Lipinski definition) is 7. The van der Waals surface area contributed by atoms with Crippen molar-refractivity contribution < 1.29 is 36.7 Å². The van der Waals surface area contributed by atoms with Crippen molar-refractivity contribution in [3.05, 3.63) is 90.5 Å². The SMILES string of the molecule is COC(=O)CN(Sc1cccc(C(F)(F)F)c1)C(Oc1ccccc1)(Oc1ccccc1)P=O. The van der Waals surface area contributed by atoms with Crippen molar-refractivity contribution in [1.82, 2.24) is 4.31 Å². The number of carbonyl (C=O) groups excluding carboxylic acids is 1. The molecule has 178 valence electrons.